The molecule has 112 valence electrons. The van der Waals surface area contributed by atoms with Crippen molar-refractivity contribution in [2.45, 2.75) is 26.3 Å². The Labute approximate surface area is 125 Å². The summed E-state index contributed by atoms with van der Waals surface area (Å²) in [4.78, 5) is 11.6. The van der Waals surface area contributed by atoms with Crippen molar-refractivity contribution in [1.82, 2.24) is 20.4 Å². The Morgan fingerprint density at radius 3 is 2.81 bits per heavy atom. The maximum absolute atomic E-state index is 11.6. The molecule has 2 N–H and O–H groups in total. The number of rotatable bonds is 6. The summed E-state index contributed by atoms with van der Waals surface area (Å²) in [5.41, 5.74) is 2.57. The van der Waals surface area contributed by atoms with Gasteiger partial charge in [0.05, 0.1) is 5.69 Å². The third-order valence-corrected chi connectivity index (χ3v) is 3.40. The Balaban J connectivity index is 2.31. The quantitative estimate of drug-likeness (QED) is 0.856. The maximum Gasteiger partial charge on any atom is 0.271 e. The van der Waals surface area contributed by atoms with Gasteiger partial charge in [-0.15, -0.1) is 0 Å². The molecular formula is C16H22N4O. The van der Waals surface area contributed by atoms with E-state index in [2.05, 4.69) is 35.6 Å². The highest BCUT2D eigenvalue weighted by molar-refractivity contribution is 5.91. The lowest BCUT2D eigenvalue weighted by molar-refractivity contribution is 0.0957. The van der Waals surface area contributed by atoms with E-state index in [0.717, 1.165) is 24.2 Å². The molecule has 0 saturated heterocycles. The number of hydrogen-bond acceptors (Lipinski definition) is 3. The van der Waals surface area contributed by atoms with Crippen LogP contribution >= 0.6 is 0 Å². The van der Waals surface area contributed by atoms with Crippen LogP contribution in [0.15, 0.2) is 36.5 Å². The van der Waals surface area contributed by atoms with E-state index in [1.807, 2.05) is 24.4 Å². The molecule has 5 heteroatoms. The van der Waals surface area contributed by atoms with E-state index in [-0.39, 0.29) is 11.9 Å². The van der Waals surface area contributed by atoms with Gasteiger partial charge in [0.1, 0.15) is 0 Å². The fourth-order valence-corrected chi connectivity index (χ4v) is 2.24. The minimum absolute atomic E-state index is 0.177. The second kappa shape index (κ2) is 7.04. The predicted octanol–water partition coefficient (Wildman–Crippen LogP) is 2.29. The number of carbonyl (C=O) groups excluding carboxylic acids is 1. The first-order valence-electron chi connectivity index (χ1n) is 7.27. The van der Waals surface area contributed by atoms with E-state index in [1.165, 1.54) is 0 Å². The molecule has 0 spiro atoms. The molecule has 0 saturated carbocycles. The zero-order valence-corrected chi connectivity index (χ0v) is 12.8. The van der Waals surface area contributed by atoms with Gasteiger partial charge in [-0.2, -0.15) is 5.10 Å². The molecule has 0 aliphatic rings. The highest BCUT2D eigenvalue weighted by Gasteiger charge is 2.13. The van der Waals surface area contributed by atoms with E-state index >= 15 is 0 Å². The van der Waals surface area contributed by atoms with Gasteiger partial charge in [-0.05, 0) is 37.6 Å². The van der Waals surface area contributed by atoms with Crippen molar-refractivity contribution >= 4 is 5.91 Å². The number of aromatic nitrogens is 2. The number of benzene rings is 1. The molecule has 1 amide bonds. The largest absolute Gasteiger partial charge is 0.354 e. The van der Waals surface area contributed by atoms with Gasteiger partial charge >= 0.3 is 0 Å². The molecule has 1 unspecified atom stereocenters. The van der Waals surface area contributed by atoms with Crippen molar-refractivity contribution in [3.05, 3.63) is 47.8 Å². The predicted molar refractivity (Wildman–Crippen MR) is 83.7 cm³/mol. The topological polar surface area (TPSA) is 59.0 Å². The minimum Gasteiger partial charge on any atom is -0.354 e. The van der Waals surface area contributed by atoms with Crippen LogP contribution in [0, 0.1) is 0 Å². The van der Waals surface area contributed by atoms with Gasteiger partial charge in [-0.1, -0.05) is 25.1 Å². The number of nitrogens with one attached hydrogen (secondary N) is 2. The van der Waals surface area contributed by atoms with Gasteiger partial charge < -0.3 is 10.6 Å². The number of nitrogens with zero attached hydrogens (tertiary/aromatic N) is 2. The molecule has 21 heavy (non-hydrogen) atoms. The van der Waals surface area contributed by atoms with Crippen LogP contribution in [0.25, 0.3) is 5.69 Å². The molecule has 0 radical (unpaired) electrons. The summed E-state index contributed by atoms with van der Waals surface area (Å²) >= 11 is 0. The van der Waals surface area contributed by atoms with Crippen molar-refractivity contribution in [1.29, 1.82) is 0 Å². The van der Waals surface area contributed by atoms with Crippen LogP contribution < -0.4 is 10.6 Å². The van der Waals surface area contributed by atoms with Gasteiger partial charge in [0.25, 0.3) is 5.91 Å². The van der Waals surface area contributed by atoms with Gasteiger partial charge in [0, 0.05) is 19.3 Å². The number of amides is 1. The normalized spacial score (nSPS) is 12.1. The van der Waals surface area contributed by atoms with Crippen LogP contribution in [-0.4, -0.2) is 29.3 Å². The van der Waals surface area contributed by atoms with E-state index in [4.69, 9.17) is 0 Å². The summed E-state index contributed by atoms with van der Waals surface area (Å²) < 4.78 is 1.75. The average molecular weight is 286 g/mol. The lowest BCUT2D eigenvalue weighted by Crippen LogP contribution is -2.21. The standard InChI is InChI=1S/C16H22N4O/c1-4-10-18-12(2)13-7-5-6-8-15(13)20-11-9-14(19-20)16(21)17-3/h5-9,11-12,18H,4,10H2,1-3H3,(H,17,21). The first-order valence-corrected chi connectivity index (χ1v) is 7.27. The molecule has 1 aromatic heterocycles. The molecule has 1 atom stereocenters. The first kappa shape index (κ1) is 15.3. The van der Waals surface area contributed by atoms with Crippen LogP contribution in [0.3, 0.4) is 0 Å². The Bertz CT molecular complexity index is 606. The van der Waals surface area contributed by atoms with E-state index in [0.29, 0.717) is 5.69 Å². The molecule has 1 aromatic carbocycles. The van der Waals surface area contributed by atoms with E-state index < -0.39 is 0 Å². The van der Waals surface area contributed by atoms with Crippen molar-refractivity contribution in [2.24, 2.45) is 0 Å². The fraction of sp³-hybridized carbons (Fsp3) is 0.375. The zero-order valence-electron chi connectivity index (χ0n) is 12.8. The molecule has 1 heterocycles. The second-order valence-corrected chi connectivity index (χ2v) is 4.96. The molecule has 0 aliphatic carbocycles. The fourth-order valence-electron chi connectivity index (χ4n) is 2.24. The van der Waals surface area contributed by atoms with Crippen molar-refractivity contribution in [3.63, 3.8) is 0 Å². The second-order valence-electron chi connectivity index (χ2n) is 4.96. The third-order valence-electron chi connectivity index (χ3n) is 3.40. The Morgan fingerprint density at radius 1 is 1.33 bits per heavy atom. The Hall–Kier alpha value is -2.14. The molecule has 2 rings (SSSR count). The van der Waals surface area contributed by atoms with Crippen molar-refractivity contribution in [3.8, 4) is 5.69 Å². The Morgan fingerprint density at radius 2 is 2.10 bits per heavy atom. The molecule has 0 aliphatic heterocycles. The number of hydrogen-bond donors (Lipinski definition) is 2. The highest BCUT2D eigenvalue weighted by Crippen LogP contribution is 2.21. The van der Waals surface area contributed by atoms with Crippen LogP contribution in [0.4, 0.5) is 0 Å². The summed E-state index contributed by atoms with van der Waals surface area (Å²) in [5, 5.41) is 10.4. The van der Waals surface area contributed by atoms with E-state index in [1.54, 1.807) is 17.8 Å². The third kappa shape index (κ3) is 3.49. The summed E-state index contributed by atoms with van der Waals surface area (Å²) in [5.74, 6) is -0.177. The zero-order chi connectivity index (χ0) is 15.2. The lowest BCUT2D eigenvalue weighted by Gasteiger charge is -2.17. The van der Waals surface area contributed by atoms with Crippen LogP contribution in [-0.2, 0) is 0 Å². The molecule has 0 bridgehead atoms. The summed E-state index contributed by atoms with van der Waals surface area (Å²) in [6.45, 7) is 5.25. The summed E-state index contributed by atoms with van der Waals surface area (Å²) in [6.07, 6.45) is 2.91. The van der Waals surface area contributed by atoms with Crippen LogP contribution in [0.5, 0.6) is 0 Å². The van der Waals surface area contributed by atoms with E-state index in [9.17, 15) is 4.79 Å². The molecule has 2 aromatic rings. The van der Waals surface area contributed by atoms with Gasteiger partial charge in [-0.25, -0.2) is 4.68 Å². The maximum atomic E-state index is 11.6. The summed E-state index contributed by atoms with van der Waals surface area (Å²) in [6, 6.07) is 10.1. The number of para-hydroxylation sites is 1. The number of carbonyl (C=O) groups is 1. The SMILES string of the molecule is CCCNC(C)c1ccccc1-n1ccc(C(=O)NC)n1. The van der Waals surface area contributed by atoms with Gasteiger partial charge in [0.15, 0.2) is 5.69 Å². The van der Waals surface area contributed by atoms with Crippen molar-refractivity contribution in [2.75, 3.05) is 13.6 Å². The molecule has 5 nitrogen and oxygen atoms in total. The van der Waals surface area contributed by atoms with Gasteiger partial charge in [0.2, 0.25) is 0 Å². The smallest absolute Gasteiger partial charge is 0.271 e. The summed E-state index contributed by atoms with van der Waals surface area (Å²) in [7, 11) is 1.60. The molecular weight excluding hydrogens is 264 g/mol. The lowest BCUT2D eigenvalue weighted by atomic mass is 10.1. The first-order chi connectivity index (χ1) is 10.2. The van der Waals surface area contributed by atoms with Crippen molar-refractivity contribution < 1.29 is 4.79 Å². The van der Waals surface area contributed by atoms with Gasteiger partial charge in [-0.3, -0.25) is 4.79 Å². The Kier molecular flexibility index (Phi) is 5.11. The van der Waals surface area contributed by atoms with Crippen LogP contribution in [0.1, 0.15) is 42.4 Å². The van der Waals surface area contributed by atoms with Crippen LogP contribution in [0.2, 0.25) is 0 Å². The monoisotopic (exact) mass is 286 g/mol. The highest BCUT2D eigenvalue weighted by atomic mass is 16.1. The minimum atomic E-state index is -0.177. The average Bonchev–Trinajstić information content (AvgIpc) is 3.01. The molecule has 0 fully saturated rings.